The van der Waals surface area contributed by atoms with Crippen LogP contribution in [-0.2, 0) is 11.3 Å². The molecule has 26 heavy (non-hydrogen) atoms. The van der Waals surface area contributed by atoms with Crippen molar-refractivity contribution < 1.29 is 14.4 Å². The average molecular weight is 377 g/mol. The zero-order valence-electron chi connectivity index (χ0n) is 15.8. The molecule has 0 aliphatic heterocycles. The third-order valence-electron chi connectivity index (χ3n) is 4.25. The van der Waals surface area contributed by atoms with Crippen LogP contribution in [0.4, 0.5) is 11.4 Å². The lowest BCUT2D eigenvalue weighted by Crippen LogP contribution is -3.11. The summed E-state index contributed by atoms with van der Waals surface area (Å²) in [7, 11) is 5.61. The lowest BCUT2D eigenvalue weighted by atomic mass is 10.2. The van der Waals surface area contributed by atoms with Gasteiger partial charge in [-0.2, -0.15) is 0 Å². The van der Waals surface area contributed by atoms with E-state index in [9.17, 15) is 4.79 Å². The van der Waals surface area contributed by atoms with Crippen LogP contribution in [0, 0.1) is 0 Å². The first kappa shape index (κ1) is 20.1. The molecule has 2 rings (SSSR count). The minimum absolute atomic E-state index is 0.0627. The number of quaternary nitrogens is 1. The van der Waals surface area contributed by atoms with Crippen molar-refractivity contribution in [3.05, 3.63) is 53.1 Å². The van der Waals surface area contributed by atoms with Gasteiger partial charge in [0.1, 0.15) is 12.3 Å². The number of halogens is 1. The summed E-state index contributed by atoms with van der Waals surface area (Å²) >= 11 is 6.02. The molecule has 0 bridgehead atoms. The van der Waals surface area contributed by atoms with E-state index in [1.165, 1.54) is 10.5 Å². The number of benzene rings is 2. The summed E-state index contributed by atoms with van der Waals surface area (Å²) in [6.45, 7) is 4.11. The highest BCUT2D eigenvalue weighted by Gasteiger charge is 2.15. The van der Waals surface area contributed by atoms with Crippen LogP contribution in [0.5, 0.6) is 5.75 Å². The molecule has 0 aliphatic rings. The number of rotatable bonds is 8. The number of nitrogens with zero attached hydrogens (tertiary/aromatic N) is 1. The first-order valence-electron chi connectivity index (χ1n) is 8.66. The van der Waals surface area contributed by atoms with Crippen LogP contribution in [0.15, 0.2) is 42.5 Å². The second-order valence-electron chi connectivity index (χ2n) is 6.41. The molecule has 1 atom stereocenters. The Morgan fingerprint density at radius 2 is 1.88 bits per heavy atom. The van der Waals surface area contributed by atoms with Gasteiger partial charge in [0.2, 0.25) is 0 Å². The van der Waals surface area contributed by atoms with Crippen molar-refractivity contribution in [1.82, 2.24) is 0 Å². The fourth-order valence-electron chi connectivity index (χ4n) is 2.71. The van der Waals surface area contributed by atoms with E-state index in [4.69, 9.17) is 16.3 Å². The molecule has 0 spiro atoms. The lowest BCUT2D eigenvalue weighted by Gasteiger charge is -2.19. The molecule has 2 aromatic rings. The van der Waals surface area contributed by atoms with Gasteiger partial charge in [-0.05, 0) is 37.3 Å². The van der Waals surface area contributed by atoms with Crippen molar-refractivity contribution in [2.75, 3.05) is 44.5 Å². The van der Waals surface area contributed by atoms with E-state index < -0.39 is 0 Å². The summed E-state index contributed by atoms with van der Waals surface area (Å²) in [5.74, 6) is 0.535. The topological polar surface area (TPSA) is 46.0 Å². The van der Waals surface area contributed by atoms with Gasteiger partial charge in [-0.1, -0.05) is 23.7 Å². The Kier molecular flexibility index (Phi) is 7.30. The maximum atomic E-state index is 12.5. The first-order valence-corrected chi connectivity index (χ1v) is 9.04. The van der Waals surface area contributed by atoms with Crippen molar-refractivity contribution in [1.29, 1.82) is 0 Å². The minimum Gasteiger partial charge on any atom is -0.495 e. The van der Waals surface area contributed by atoms with Gasteiger partial charge in [-0.25, -0.2) is 0 Å². The van der Waals surface area contributed by atoms with E-state index in [1.54, 1.807) is 25.3 Å². The number of hydrogen-bond donors (Lipinski definition) is 2. The fraction of sp³-hybridized carbons (Fsp3) is 0.350. The smallest absolute Gasteiger partial charge is 0.279 e. The fourth-order valence-corrected chi connectivity index (χ4v) is 2.88. The monoisotopic (exact) mass is 376 g/mol. The van der Waals surface area contributed by atoms with Gasteiger partial charge < -0.3 is 19.9 Å². The van der Waals surface area contributed by atoms with Gasteiger partial charge >= 0.3 is 0 Å². The summed E-state index contributed by atoms with van der Waals surface area (Å²) in [4.78, 5) is 15.7. The van der Waals surface area contributed by atoms with Gasteiger partial charge in [0.25, 0.3) is 5.91 Å². The van der Waals surface area contributed by atoms with Gasteiger partial charge in [-0.3, -0.25) is 4.79 Å². The van der Waals surface area contributed by atoms with E-state index in [2.05, 4.69) is 41.4 Å². The van der Waals surface area contributed by atoms with Crippen LogP contribution >= 0.6 is 11.6 Å². The van der Waals surface area contributed by atoms with Crippen molar-refractivity contribution in [3.63, 3.8) is 0 Å². The largest absolute Gasteiger partial charge is 0.495 e. The predicted molar refractivity (Wildman–Crippen MR) is 107 cm³/mol. The molecule has 2 N–H and O–H groups in total. The van der Waals surface area contributed by atoms with Crippen LogP contribution in [0.3, 0.4) is 0 Å². The number of carbonyl (C=O) groups excluding carboxylic acids is 1. The molecule has 0 aromatic heterocycles. The number of likely N-dealkylation sites (N-methyl/N-ethyl adjacent to an activating group) is 1. The number of hydrogen-bond acceptors (Lipinski definition) is 3. The molecule has 5 nitrogen and oxygen atoms in total. The Morgan fingerprint density at radius 3 is 2.46 bits per heavy atom. The molecule has 6 heteroatoms. The third-order valence-corrected chi connectivity index (χ3v) is 4.49. The molecular weight excluding hydrogens is 350 g/mol. The van der Waals surface area contributed by atoms with E-state index in [0.29, 0.717) is 23.0 Å². The van der Waals surface area contributed by atoms with Crippen LogP contribution in [0.1, 0.15) is 12.5 Å². The van der Waals surface area contributed by atoms with E-state index in [-0.39, 0.29) is 5.91 Å². The normalized spacial score (nSPS) is 11.7. The number of methoxy groups -OCH3 is 1. The highest BCUT2D eigenvalue weighted by atomic mass is 35.5. The average Bonchev–Trinajstić information content (AvgIpc) is 2.61. The standard InChI is InChI=1S/C20H26ClN3O2/c1-5-24(13-15-6-9-17(10-7-15)23(2)3)14-20(25)22-18-12-16(21)8-11-19(18)26-4/h6-12H,5,13-14H2,1-4H3,(H,22,25)/p+1. The number of carbonyl (C=O) groups is 1. The Balaban J connectivity index is 1.98. The Bertz CT molecular complexity index is 732. The maximum absolute atomic E-state index is 12.5. The molecule has 140 valence electrons. The number of amides is 1. The summed E-state index contributed by atoms with van der Waals surface area (Å²) < 4.78 is 5.27. The van der Waals surface area contributed by atoms with Crippen LogP contribution < -0.4 is 19.9 Å². The predicted octanol–water partition coefficient (Wildman–Crippen LogP) is 2.46. The van der Waals surface area contributed by atoms with E-state index >= 15 is 0 Å². The minimum atomic E-state index is -0.0627. The number of ether oxygens (including phenoxy) is 1. The number of anilines is 2. The second kappa shape index (κ2) is 9.46. The summed E-state index contributed by atoms with van der Waals surface area (Å²) in [5, 5.41) is 3.46. The number of nitrogens with one attached hydrogen (secondary N) is 2. The van der Waals surface area contributed by atoms with Gasteiger partial charge in [0.05, 0.1) is 19.3 Å². The second-order valence-corrected chi connectivity index (χ2v) is 6.85. The lowest BCUT2D eigenvalue weighted by molar-refractivity contribution is -0.903. The Hall–Kier alpha value is -2.24. The van der Waals surface area contributed by atoms with E-state index in [0.717, 1.165) is 18.8 Å². The van der Waals surface area contributed by atoms with Crippen LogP contribution in [0.2, 0.25) is 5.02 Å². The quantitative estimate of drug-likeness (QED) is 0.744. The molecule has 2 aromatic carbocycles. The van der Waals surface area contributed by atoms with Gasteiger partial charge in [0, 0.05) is 30.4 Å². The molecule has 0 heterocycles. The summed E-state index contributed by atoms with van der Waals surface area (Å²) in [6.07, 6.45) is 0. The summed E-state index contributed by atoms with van der Waals surface area (Å²) in [5.41, 5.74) is 2.97. The van der Waals surface area contributed by atoms with Gasteiger partial charge in [-0.15, -0.1) is 0 Å². The Labute approximate surface area is 160 Å². The Morgan fingerprint density at radius 1 is 1.19 bits per heavy atom. The van der Waals surface area contributed by atoms with Gasteiger partial charge in [0.15, 0.2) is 6.54 Å². The maximum Gasteiger partial charge on any atom is 0.279 e. The molecule has 1 amide bonds. The third kappa shape index (κ3) is 5.64. The molecule has 0 saturated heterocycles. The van der Waals surface area contributed by atoms with Crippen molar-refractivity contribution in [2.45, 2.75) is 13.5 Å². The highest BCUT2D eigenvalue weighted by Crippen LogP contribution is 2.27. The van der Waals surface area contributed by atoms with Crippen molar-refractivity contribution >= 4 is 28.9 Å². The molecule has 0 saturated carbocycles. The molecule has 0 radical (unpaired) electrons. The molecule has 1 unspecified atom stereocenters. The van der Waals surface area contributed by atoms with Crippen molar-refractivity contribution in [3.8, 4) is 5.75 Å². The summed E-state index contributed by atoms with van der Waals surface area (Å²) in [6, 6.07) is 13.6. The first-order chi connectivity index (χ1) is 12.4. The van der Waals surface area contributed by atoms with Crippen LogP contribution in [0.25, 0.3) is 0 Å². The van der Waals surface area contributed by atoms with Crippen LogP contribution in [-0.4, -0.2) is 40.2 Å². The van der Waals surface area contributed by atoms with Crippen molar-refractivity contribution in [2.24, 2.45) is 0 Å². The molecule has 0 fully saturated rings. The zero-order valence-corrected chi connectivity index (χ0v) is 16.6. The molecular formula is C20H27ClN3O2+. The zero-order chi connectivity index (χ0) is 19.1. The van der Waals surface area contributed by atoms with E-state index in [1.807, 2.05) is 14.1 Å². The highest BCUT2D eigenvalue weighted by molar-refractivity contribution is 6.31. The SMILES string of the molecule is CC[NH+](CC(=O)Nc1cc(Cl)ccc1OC)Cc1ccc(N(C)C)cc1. The molecule has 0 aliphatic carbocycles.